The number of nitrogens with two attached hydrogens (primary N) is 1. The van der Waals surface area contributed by atoms with Gasteiger partial charge in [0.1, 0.15) is 0 Å². The van der Waals surface area contributed by atoms with Crippen LogP contribution in [0, 0.1) is 18.3 Å². The van der Waals surface area contributed by atoms with E-state index in [-0.39, 0.29) is 0 Å². The molecule has 0 aromatic heterocycles. The summed E-state index contributed by atoms with van der Waals surface area (Å²) < 4.78 is 1.21. The van der Waals surface area contributed by atoms with Crippen molar-refractivity contribution in [3.63, 3.8) is 0 Å². The number of hydrogen-bond acceptors (Lipinski definition) is 1. The lowest BCUT2D eigenvalue weighted by atomic mass is 10.0. The molecule has 2 N–H and O–H groups in total. The topological polar surface area (TPSA) is 26.0 Å². The summed E-state index contributed by atoms with van der Waals surface area (Å²) in [5, 5.41) is 0. The molecule has 0 aliphatic heterocycles. The maximum absolute atomic E-state index is 5.79. The van der Waals surface area contributed by atoms with E-state index < -0.39 is 0 Å². The van der Waals surface area contributed by atoms with Crippen LogP contribution >= 0.6 is 15.9 Å². The summed E-state index contributed by atoms with van der Waals surface area (Å²) in [6.07, 6.45) is 0. The quantitative estimate of drug-likeness (QED) is 0.873. The number of aryl methyl sites for hydroxylation is 1. The second kappa shape index (κ2) is 3.60. The predicted molar refractivity (Wildman–Crippen MR) is 67.9 cm³/mol. The lowest BCUT2D eigenvalue weighted by Gasteiger charge is -2.05. The van der Waals surface area contributed by atoms with E-state index in [1.54, 1.807) is 0 Å². The summed E-state index contributed by atoms with van der Waals surface area (Å²) in [7, 11) is 0. The Labute approximate surface area is 100 Å². The van der Waals surface area contributed by atoms with E-state index in [0.29, 0.717) is 17.3 Å². The molecular weight excluding hydrogens is 250 g/mol. The van der Waals surface area contributed by atoms with E-state index in [0.717, 1.165) is 6.54 Å². The van der Waals surface area contributed by atoms with Crippen molar-refractivity contribution in [3.8, 4) is 0 Å². The molecule has 0 radical (unpaired) electrons. The van der Waals surface area contributed by atoms with Crippen molar-refractivity contribution in [2.24, 2.45) is 17.1 Å². The van der Waals surface area contributed by atoms with Crippen LogP contribution in [0.1, 0.15) is 30.9 Å². The molecular formula is C13H18BrN. The molecule has 1 nitrogen and oxygen atoms in total. The van der Waals surface area contributed by atoms with E-state index >= 15 is 0 Å². The zero-order valence-electron chi connectivity index (χ0n) is 9.55. The Kier molecular flexibility index (Phi) is 2.68. The second-order valence-electron chi connectivity index (χ2n) is 5.15. The SMILES string of the molecule is Cc1ccc([C@H]2[C@H](CN)C2(C)C)cc1Br. The normalized spacial score (nSPS) is 27.8. The van der Waals surface area contributed by atoms with Gasteiger partial charge in [0, 0.05) is 4.47 Å². The molecule has 1 fully saturated rings. The van der Waals surface area contributed by atoms with Crippen LogP contribution in [0.4, 0.5) is 0 Å². The Morgan fingerprint density at radius 3 is 2.53 bits per heavy atom. The van der Waals surface area contributed by atoms with Gasteiger partial charge in [-0.25, -0.2) is 0 Å². The average Bonchev–Trinajstić information content (AvgIpc) is 2.73. The van der Waals surface area contributed by atoms with Gasteiger partial charge in [-0.05, 0) is 47.9 Å². The van der Waals surface area contributed by atoms with Gasteiger partial charge < -0.3 is 5.73 Å². The van der Waals surface area contributed by atoms with Crippen LogP contribution in [0.3, 0.4) is 0 Å². The maximum atomic E-state index is 5.79. The van der Waals surface area contributed by atoms with Gasteiger partial charge in [0.05, 0.1) is 0 Å². The summed E-state index contributed by atoms with van der Waals surface area (Å²) in [5.41, 5.74) is 8.89. The summed E-state index contributed by atoms with van der Waals surface area (Å²) in [6, 6.07) is 6.67. The summed E-state index contributed by atoms with van der Waals surface area (Å²) >= 11 is 3.59. The number of benzene rings is 1. The highest BCUT2D eigenvalue weighted by Crippen LogP contribution is 2.63. The number of rotatable bonds is 2. The second-order valence-corrected chi connectivity index (χ2v) is 6.00. The first-order valence-corrected chi connectivity index (χ1v) is 6.24. The Morgan fingerprint density at radius 2 is 2.07 bits per heavy atom. The van der Waals surface area contributed by atoms with E-state index in [4.69, 9.17) is 5.73 Å². The summed E-state index contributed by atoms with van der Waals surface area (Å²) in [4.78, 5) is 0. The van der Waals surface area contributed by atoms with Gasteiger partial charge in [-0.15, -0.1) is 0 Å². The fraction of sp³-hybridized carbons (Fsp3) is 0.538. The maximum Gasteiger partial charge on any atom is 0.0207 e. The van der Waals surface area contributed by atoms with Gasteiger partial charge in [-0.1, -0.05) is 41.9 Å². The van der Waals surface area contributed by atoms with Crippen molar-refractivity contribution in [1.82, 2.24) is 0 Å². The Hall–Kier alpha value is -0.340. The van der Waals surface area contributed by atoms with Crippen LogP contribution in [-0.4, -0.2) is 6.54 Å². The first-order valence-electron chi connectivity index (χ1n) is 5.44. The smallest absolute Gasteiger partial charge is 0.0207 e. The molecule has 1 aromatic carbocycles. The molecule has 0 amide bonds. The summed E-state index contributed by atoms with van der Waals surface area (Å²) in [6.45, 7) is 7.53. The van der Waals surface area contributed by atoms with E-state index in [1.165, 1.54) is 15.6 Å². The fourth-order valence-corrected chi connectivity index (χ4v) is 3.04. The van der Waals surface area contributed by atoms with Gasteiger partial charge in [0.15, 0.2) is 0 Å². The molecule has 1 saturated carbocycles. The summed E-state index contributed by atoms with van der Waals surface area (Å²) in [5.74, 6) is 1.28. The molecule has 1 aliphatic rings. The van der Waals surface area contributed by atoms with Crippen molar-refractivity contribution < 1.29 is 0 Å². The molecule has 2 atom stereocenters. The Morgan fingerprint density at radius 1 is 1.40 bits per heavy atom. The number of halogens is 1. The molecule has 82 valence electrons. The average molecular weight is 268 g/mol. The van der Waals surface area contributed by atoms with Crippen LogP contribution in [0.5, 0.6) is 0 Å². The molecule has 0 spiro atoms. The van der Waals surface area contributed by atoms with Gasteiger partial charge in [0.2, 0.25) is 0 Å². The molecule has 0 heterocycles. The molecule has 15 heavy (non-hydrogen) atoms. The van der Waals surface area contributed by atoms with Crippen molar-refractivity contribution in [2.75, 3.05) is 6.54 Å². The molecule has 1 aliphatic carbocycles. The zero-order chi connectivity index (χ0) is 11.2. The van der Waals surface area contributed by atoms with Gasteiger partial charge in [-0.2, -0.15) is 0 Å². The minimum atomic E-state index is 0.378. The predicted octanol–water partition coefficient (Wildman–Crippen LogP) is 3.46. The molecule has 0 unspecified atom stereocenters. The highest BCUT2D eigenvalue weighted by Gasteiger charge is 2.57. The van der Waals surface area contributed by atoms with Crippen molar-refractivity contribution >= 4 is 15.9 Å². The third-order valence-electron chi connectivity index (χ3n) is 3.86. The molecule has 2 rings (SSSR count). The molecule has 2 heteroatoms. The van der Waals surface area contributed by atoms with Crippen molar-refractivity contribution in [2.45, 2.75) is 26.7 Å². The molecule has 0 bridgehead atoms. The minimum absolute atomic E-state index is 0.378. The van der Waals surface area contributed by atoms with Crippen LogP contribution in [0.2, 0.25) is 0 Å². The first-order chi connectivity index (χ1) is 6.98. The van der Waals surface area contributed by atoms with Crippen LogP contribution in [0.25, 0.3) is 0 Å². The van der Waals surface area contributed by atoms with Crippen molar-refractivity contribution in [3.05, 3.63) is 33.8 Å². The monoisotopic (exact) mass is 267 g/mol. The largest absolute Gasteiger partial charge is 0.330 e. The van der Waals surface area contributed by atoms with Crippen molar-refractivity contribution in [1.29, 1.82) is 0 Å². The third kappa shape index (κ3) is 1.74. The van der Waals surface area contributed by atoms with Gasteiger partial charge in [0.25, 0.3) is 0 Å². The number of hydrogen-bond donors (Lipinski definition) is 1. The molecule has 0 saturated heterocycles. The first kappa shape index (κ1) is 11.2. The van der Waals surface area contributed by atoms with E-state index in [1.807, 2.05) is 0 Å². The van der Waals surface area contributed by atoms with E-state index in [9.17, 15) is 0 Å². The van der Waals surface area contributed by atoms with Crippen LogP contribution < -0.4 is 5.73 Å². The van der Waals surface area contributed by atoms with Gasteiger partial charge in [-0.3, -0.25) is 0 Å². The van der Waals surface area contributed by atoms with Crippen LogP contribution in [-0.2, 0) is 0 Å². The Balaban J connectivity index is 2.29. The van der Waals surface area contributed by atoms with Crippen LogP contribution in [0.15, 0.2) is 22.7 Å². The van der Waals surface area contributed by atoms with Gasteiger partial charge >= 0.3 is 0 Å². The third-order valence-corrected chi connectivity index (χ3v) is 4.71. The molecule has 1 aromatic rings. The highest BCUT2D eigenvalue weighted by molar-refractivity contribution is 9.10. The standard InChI is InChI=1S/C13H18BrN/c1-8-4-5-9(6-11(8)14)12-10(7-15)13(12,2)3/h4-6,10,12H,7,15H2,1-3H3/t10-,12-/m0/s1. The minimum Gasteiger partial charge on any atom is -0.330 e. The van der Waals surface area contributed by atoms with E-state index in [2.05, 4.69) is 54.9 Å². The zero-order valence-corrected chi connectivity index (χ0v) is 11.1. The fourth-order valence-electron chi connectivity index (χ4n) is 2.65. The lowest BCUT2D eigenvalue weighted by molar-refractivity contribution is 0.558. The lowest BCUT2D eigenvalue weighted by Crippen LogP contribution is -2.05. The highest BCUT2D eigenvalue weighted by atomic mass is 79.9. The Bertz CT molecular complexity index is 384.